The van der Waals surface area contributed by atoms with Crippen LogP contribution in [0.3, 0.4) is 0 Å². The summed E-state index contributed by atoms with van der Waals surface area (Å²) in [5.41, 5.74) is 1.83. The van der Waals surface area contributed by atoms with Crippen molar-refractivity contribution in [2.75, 3.05) is 0 Å². The van der Waals surface area contributed by atoms with Gasteiger partial charge in [0, 0.05) is 0 Å². The average molecular weight is 602 g/mol. The van der Waals surface area contributed by atoms with E-state index in [0.717, 1.165) is 18.3 Å². The summed E-state index contributed by atoms with van der Waals surface area (Å²) in [5.74, 6) is 2.29. The normalized spacial score (nSPS) is 29.4. The number of allylic oxidation sites excluding steroid dienone is 1. The zero-order valence-corrected chi connectivity index (χ0v) is 30.1. The molecule has 0 N–H and O–H groups in total. The van der Waals surface area contributed by atoms with Crippen molar-refractivity contribution in [2.24, 2.45) is 23.2 Å². The molecule has 2 fully saturated rings. The van der Waals surface area contributed by atoms with Crippen LogP contribution >= 0.6 is 15.9 Å². The molecule has 0 saturated heterocycles. The quantitative estimate of drug-likeness (QED) is 0.245. The van der Waals surface area contributed by atoms with Crippen LogP contribution in [0.25, 0.3) is 0 Å². The Balaban J connectivity index is 2.26. The number of rotatable bonds is 9. The predicted octanol–water partition coefficient (Wildman–Crippen LogP) is 11.1. The highest BCUT2D eigenvalue weighted by Gasteiger charge is 2.51. The van der Waals surface area contributed by atoms with Crippen molar-refractivity contribution >= 4 is 32.6 Å². The molecule has 0 heterocycles. The van der Waals surface area contributed by atoms with Crippen molar-refractivity contribution < 1.29 is 8.85 Å². The lowest BCUT2D eigenvalue weighted by Crippen LogP contribution is -2.56. The summed E-state index contributed by atoms with van der Waals surface area (Å²) in [7, 11) is -3.87. The molecule has 0 amide bonds. The first kappa shape index (κ1) is 32.8. The summed E-state index contributed by atoms with van der Waals surface area (Å²) in [4.78, 5) is 2.26. The maximum Gasteiger partial charge on any atom is 0.192 e. The molecule has 0 aliphatic heterocycles. The first-order chi connectivity index (χ1) is 16.1. The highest BCUT2D eigenvalue weighted by Crippen LogP contribution is 2.60. The average Bonchev–Trinajstić information content (AvgIpc) is 3.05. The monoisotopic (exact) mass is 600 g/mol. The predicted molar refractivity (Wildman–Crippen MR) is 168 cm³/mol. The number of hydrogen-bond donors (Lipinski definition) is 0. The van der Waals surface area contributed by atoms with E-state index in [0.29, 0.717) is 11.3 Å². The standard InChI is InChI=1S/C31H61BrO2Si2/c1-23(25-18-19-26-24(22-32)16-15-21-31(25,26)10)17-20-27(33-35(11,12)28(2,3)4)30(8,9)34-36(13,14)29(5,6)7/h22-23,25-27H,15-21H2,1-14H3. The van der Waals surface area contributed by atoms with Gasteiger partial charge in [-0.25, -0.2) is 0 Å². The molecule has 0 aromatic rings. The van der Waals surface area contributed by atoms with Gasteiger partial charge in [-0.2, -0.15) is 0 Å². The van der Waals surface area contributed by atoms with Gasteiger partial charge in [-0.15, -0.1) is 0 Å². The van der Waals surface area contributed by atoms with Crippen LogP contribution in [0.15, 0.2) is 10.6 Å². The Labute approximate surface area is 236 Å². The van der Waals surface area contributed by atoms with Gasteiger partial charge >= 0.3 is 0 Å². The first-order valence-corrected chi connectivity index (χ1v) is 21.5. The van der Waals surface area contributed by atoms with Crippen LogP contribution in [0.1, 0.15) is 114 Å². The third kappa shape index (κ3) is 7.01. The molecule has 2 aliphatic rings. The van der Waals surface area contributed by atoms with Gasteiger partial charge in [-0.3, -0.25) is 0 Å². The fourth-order valence-electron chi connectivity index (χ4n) is 6.72. The van der Waals surface area contributed by atoms with Gasteiger partial charge in [-0.05, 0) is 123 Å². The summed E-state index contributed by atoms with van der Waals surface area (Å²) >= 11 is 3.70. The SMILES string of the molecule is CC(CCC(O[Si](C)(C)C(C)(C)C)C(C)(C)O[Si](C)(C)C(C)(C)C)C1CCC2C(=CBr)CCCC21C. The van der Waals surface area contributed by atoms with Crippen LogP contribution < -0.4 is 0 Å². The van der Waals surface area contributed by atoms with Gasteiger partial charge in [0.1, 0.15) is 0 Å². The number of hydrogen-bond acceptors (Lipinski definition) is 2. The van der Waals surface area contributed by atoms with Crippen LogP contribution in [-0.2, 0) is 8.85 Å². The second kappa shape index (κ2) is 11.2. The molecule has 2 saturated carbocycles. The summed E-state index contributed by atoms with van der Waals surface area (Å²) < 4.78 is 14.4. The molecule has 5 atom stereocenters. The summed E-state index contributed by atoms with van der Waals surface area (Å²) in [6, 6.07) is 0. The minimum Gasteiger partial charge on any atom is -0.411 e. The van der Waals surface area contributed by atoms with E-state index >= 15 is 0 Å². The highest BCUT2D eigenvalue weighted by molar-refractivity contribution is 9.11. The molecule has 0 aromatic carbocycles. The van der Waals surface area contributed by atoms with Gasteiger partial charge in [0.05, 0.1) is 11.7 Å². The van der Waals surface area contributed by atoms with E-state index in [2.05, 4.69) is 116 Å². The highest BCUT2D eigenvalue weighted by atomic mass is 79.9. The van der Waals surface area contributed by atoms with E-state index in [1.165, 1.54) is 38.5 Å². The first-order valence-electron chi connectivity index (χ1n) is 14.8. The summed E-state index contributed by atoms with van der Waals surface area (Å²) in [6.45, 7) is 33.5. The minimum atomic E-state index is -1.94. The molecular weight excluding hydrogens is 540 g/mol. The second-order valence-corrected chi connectivity index (χ2v) is 26.1. The van der Waals surface area contributed by atoms with Gasteiger partial charge in [0.25, 0.3) is 0 Å². The lowest BCUT2D eigenvalue weighted by Gasteiger charge is -2.49. The third-order valence-electron chi connectivity index (χ3n) is 11.1. The van der Waals surface area contributed by atoms with E-state index in [9.17, 15) is 0 Å². The maximum absolute atomic E-state index is 7.23. The van der Waals surface area contributed by atoms with Crippen molar-refractivity contribution in [3.8, 4) is 0 Å². The molecular formula is C31H61BrO2Si2. The van der Waals surface area contributed by atoms with Crippen LogP contribution in [0.2, 0.25) is 36.3 Å². The number of halogens is 1. The number of fused-ring (bicyclic) bond motifs is 1. The molecule has 2 rings (SSSR count). The molecule has 2 nitrogen and oxygen atoms in total. The molecule has 0 radical (unpaired) electrons. The molecule has 0 bridgehead atoms. The Bertz CT molecular complexity index is 774. The fourth-order valence-corrected chi connectivity index (χ4v) is 10.5. The third-order valence-corrected chi connectivity index (χ3v) is 20.8. The molecule has 2 aliphatic carbocycles. The smallest absolute Gasteiger partial charge is 0.192 e. The molecule has 0 aromatic heterocycles. The summed E-state index contributed by atoms with van der Waals surface area (Å²) in [6.07, 6.45) is 9.21. The minimum absolute atomic E-state index is 0.129. The topological polar surface area (TPSA) is 18.5 Å². The maximum atomic E-state index is 7.23. The molecule has 5 heteroatoms. The molecule has 212 valence electrons. The largest absolute Gasteiger partial charge is 0.411 e. The molecule has 0 spiro atoms. The van der Waals surface area contributed by atoms with Gasteiger partial charge in [0.15, 0.2) is 16.6 Å². The molecule has 5 unspecified atom stereocenters. The Morgan fingerprint density at radius 3 is 2.00 bits per heavy atom. The van der Waals surface area contributed by atoms with Crippen LogP contribution in [0, 0.1) is 23.2 Å². The second-order valence-electron chi connectivity index (χ2n) is 16.2. The van der Waals surface area contributed by atoms with Gasteiger partial charge in [-0.1, -0.05) is 76.9 Å². The van der Waals surface area contributed by atoms with E-state index in [-0.39, 0.29) is 21.8 Å². The lowest BCUT2D eigenvalue weighted by atomic mass is 9.61. The van der Waals surface area contributed by atoms with Crippen molar-refractivity contribution in [2.45, 2.75) is 162 Å². The lowest BCUT2D eigenvalue weighted by molar-refractivity contribution is -0.0386. The van der Waals surface area contributed by atoms with E-state index in [1.807, 2.05) is 0 Å². The Morgan fingerprint density at radius 2 is 1.50 bits per heavy atom. The van der Waals surface area contributed by atoms with E-state index in [4.69, 9.17) is 8.85 Å². The Hall–Kier alpha value is 0.574. The Morgan fingerprint density at radius 1 is 0.944 bits per heavy atom. The van der Waals surface area contributed by atoms with Crippen molar-refractivity contribution in [1.29, 1.82) is 0 Å². The molecule has 36 heavy (non-hydrogen) atoms. The van der Waals surface area contributed by atoms with Gasteiger partial charge in [0.2, 0.25) is 0 Å². The van der Waals surface area contributed by atoms with E-state index < -0.39 is 16.6 Å². The van der Waals surface area contributed by atoms with Crippen LogP contribution in [-0.4, -0.2) is 28.3 Å². The van der Waals surface area contributed by atoms with Crippen molar-refractivity contribution in [3.05, 3.63) is 10.6 Å². The van der Waals surface area contributed by atoms with Crippen molar-refractivity contribution in [1.82, 2.24) is 0 Å². The van der Waals surface area contributed by atoms with Crippen LogP contribution in [0.4, 0.5) is 0 Å². The zero-order valence-electron chi connectivity index (χ0n) is 26.5. The zero-order chi connectivity index (χ0) is 28.0. The fraction of sp³-hybridized carbons (Fsp3) is 0.935. The van der Waals surface area contributed by atoms with Gasteiger partial charge < -0.3 is 8.85 Å². The Kier molecular flexibility index (Phi) is 10.2. The van der Waals surface area contributed by atoms with E-state index in [1.54, 1.807) is 5.57 Å². The summed E-state index contributed by atoms with van der Waals surface area (Å²) in [5, 5.41) is 0.380. The van der Waals surface area contributed by atoms with Crippen LogP contribution in [0.5, 0.6) is 0 Å². The van der Waals surface area contributed by atoms with Crippen molar-refractivity contribution in [3.63, 3.8) is 0 Å².